The van der Waals surface area contributed by atoms with E-state index in [1.54, 1.807) is 30.3 Å². The minimum absolute atomic E-state index is 0.0217. The number of ether oxygens (including phenoxy) is 2. The van der Waals surface area contributed by atoms with Crippen LogP contribution in [0.5, 0.6) is 0 Å². The Balaban J connectivity index is 0.829. The van der Waals surface area contributed by atoms with Crippen LogP contribution in [-0.2, 0) is 19.1 Å². The van der Waals surface area contributed by atoms with E-state index in [1.807, 2.05) is 0 Å². The van der Waals surface area contributed by atoms with Crippen molar-refractivity contribution >= 4 is 58.5 Å². The second kappa shape index (κ2) is 20.2. The van der Waals surface area contributed by atoms with Crippen molar-refractivity contribution in [3.63, 3.8) is 0 Å². The molecule has 3 aromatic heterocycles. The molecule has 5 aromatic rings. The van der Waals surface area contributed by atoms with Gasteiger partial charge in [0.05, 0.1) is 60.8 Å². The molecule has 7 N–H and O–H groups in total. The van der Waals surface area contributed by atoms with Crippen molar-refractivity contribution in [2.24, 2.45) is 5.73 Å². The van der Waals surface area contributed by atoms with E-state index >= 15 is 0 Å². The van der Waals surface area contributed by atoms with Crippen molar-refractivity contribution in [3.05, 3.63) is 113 Å². The number of primary amides is 1. The van der Waals surface area contributed by atoms with Crippen molar-refractivity contribution in [2.75, 3.05) is 62.0 Å². The first-order valence-electron chi connectivity index (χ1n) is 20.2. The molecular weight excluding hydrogens is 872 g/mol. The molecule has 2 aliphatic rings. The van der Waals surface area contributed by atoms with Crippen LogP contribution < -0.4 is 32.3 Å². The number of piperidine rings is 1. The Morgan fingerprint density at radius 1 is 0.848 bits per heavy atom. The van der Waals surface area contributed by atoms with Gasteiger partial charge in [-0.2, -0.15) is 18.3 Å². The highest BCUT2D eigenvalue weighted by Gasteiger charge is 2.45. The molecule has 0 bridgehead atoms. The number of halogens is 3. The molecular formula is C43H40F3N11O9. The summed E-state index contributed by atoms with van der Waals surface area (Å²) in [4.78, 5) is 97.6. The van der Waals surface area contributed by atoms with Crippen molar-refractivity contribution in [1.82, 2.24) is 35.3 Å². The monoisotopic (exact) mass is 911 g/mol. The van der Waals surface area contributed by atoms with Crippen LogP contribution in [0.3, 0.4) is 0 Å². The Bertz CT molecular complexity index is 2690. The number of aromatic nitrogens is 4. The number of benzene rings is 2. The Morgan fingerprint density at radius 2 is 1.59 bits per heavy atom. The fourth-order valence-corrected chi connectivity index (χ4v) is 6.91. The number of imide groups is 2. The predicted molar refractivity (Wildman–Crippen MR) is 228 cm³/mol. The third-order valence-corrected chi connectivity index (χ3v) is 10.0. The zero-order valence-corrected chi connectivity index (χ0v) is 34.6. The number of nitrogens with one attached hydrogen (secondary N) is 5. The first-order chi connectivity index (χ1) is 31.7. The van der Waals surface area contributed by atoms with Gasteiger partial charge in [-0.25, -0.2) is 14.6 Å². The third-order valence-electron chi connectivity index (χ3n) is 10.0. The second-order valence-electron chi connectivity index (χ2n) is 14.6. The third kappa shape index (κ3) is 11.0. The van der Waals surface area contributed by atoms with Gasteiger partial charge in [0, 0.05) is 42.5 Å². The molecule has 2 aliphatic heterocycles. The molecule has 0 aliphatic carbocycles. The van der Waals surface area contributed by atoms with Gasteiger partial charge in [0.15, 0.2) is 5.69 Å². The molecule has 0 saturated carbocycles. The maximum absolute atomic E-state index is 13.3. The number of rotatable bonds is 19. The average Bonchev–Trinajstić information content (AvgIpc) is 3.84. The molecule has 2 aromatic carbocycles. The molecule has 1 atom stereocenters. The molecule has 23 heteroatoms. The SMILES string of the molecule is NC(=O)c1nn(-c2ccc(C(=O)NCCOCCOCCNc3cccc4c3C(=O)N(C3CCC(=O)NC3=O)C4=O)cc2)cc1NC(=O)c1cccc(-c2ccnc(NCC(F)(F)F)c2)n1. The summed E-state index contributed by atoms with van der Waals surface area (Å²) in [5.41, 5.74) is 7.31. The van der Waals surface area contributed by atoms with Crippen LogP contribution in [0, 0.1) is 0 Å². The van der Waals surface area contributed by atoms with Crippen molar-refractivity contribution in [3.8, 4) is 16.9 Å². The summed E-state index contributed by atoms with van der Waals surface area (Å²) in [6.07, 6.45) is -1.72. The minimum Gasteiger partial charge on any atom is -0.382 e. The molecule has 1 saturated heterocycles. The molecule has 0 radical (unpaired) electrons. The van der Waals surface area contributed by atoms with E-state index < -0.39 is 54.2 Å². The summed E-state index contributed by atoms with van der Waals surface area (Å²) in [6, 6.07) is 17.3. The number of hydrogen-bond acceptors (Lipinski definition) is 14. The summed E-state index contributed by atoms with van der Waals surface area (Å²) in [7, 11) is 0. The van der Waals surface area contributed by atoms with Gasteiger partial charge in [0.2, 0.25) is 11.8 Å². The average molecular weight is 912 g/mol. The first-order valence-corrected chi connectivity index (χ1v) is 20.2. The van der Waals surface area contributed by atoms with Gasteiger partial charge in [-0.3, -0.25) is 43.8 Å². The lowest BCUT2D eigenvalue weighted by Crippen LogP contribution is -2.54. The van der Waals surface area contributed by atoms with E-state index in [9.17, 15) is 46.7 Å². The highest BCUT2D eigenvalue weighted by atomic mass is 19.4. The van der Waals surface area contributed by atoms with Crippen molar-refractivity contribution in [2.45, 2.75) is 25.1 Å². The Hall–Kier alpha value is -8.05. The van der Waals surface area contributed by atoms with E-state index in [-0.39, 0.29) is 91.4 Å². The molecule has 66 heavy (non-hydrogen) atoms. The lowest BCUT2D eigenvalue weighted by atomic mass is 10.0. The van der Waals surface area contributed by atoms with Gasteiger partial charge >= 0.3 is 6.18 Å². The molecule has 0 spiro atoms. The topological polar surface area (TPSA) is 271 Å². The summed E-state index contributed by atoms with van der Waals surface area (Å²) >= 11 is 0. The summed E-state index contributed by atoms with van der Waals surface area (Å²) in [6.45, 7) is 0.0731. The second-order valence-corrected chi connectivity index (χ2v) is 14.6. The Kier molecular flexibility index (Phi) is 14.1. The number of hydrogen-bond donors (Lipinski definition) is 6. The lowest BCUT2D eigenvalue weighted by molar-refractivity contribution is -0.136. The van der Waals surface area contributed by atoms with Gasteiger partial charge in [-0.1, -0.05) is 12.1 Å². The zero-order chi connectivity index (χ0) is 47.0. The molecule has 1 unspecified atom stereocenters. The molecule has 7 rings (SSSR count). The summed E-state index contributed by atoms with van der Waals surface area (Å²) < 4.78 is 50.5. The van der Waals surface area contributed by atoms with Gasteiger partial charge < -0.3 is 36.5 Å². The van der Waals surface area contributed by atoms with E-state index in [4.69, 9.17) is 15.2 Å². The largest absolute Gasteiger partial charge is 0.405 e. The summed E-state index contributed by atoms with van der Waals surface area (Å²) in [5, 5.41) is 17.0. The molecule has 20 nitrogen and oxygen atoms in total. The maximum Gasteiger partial charge on any atom is 0.405 e. The predicted octanol–water partition coefficient (Wildman–Crippen LogP) is 2.93. The normalized spacial score (nSPS) is 14.7. The van der Waals surface area contributed by atoms with Crippen LogP contribution in [0.2, 0.25) is 0 Å². The van der Waals surface area contributed by atoms with Crippen molar-refractivity contribution in [1.29, 1.82) is 0 Å². The van der Waals surface area contributed by atoms with Gasteiger partial charge in [-0.15, -0.1) is 0 Å². The number of carbonyl (C=O) groups is 7. The van der Waals surface area contributed by atoms with Crippen LogP contribution in [-0.4, -0.2) is 124 Å². The molecule has 7 amide bonds. The van der Waals surface area contributed by atoms with Gasteiger partial charge in [0.1, 0.15) is 24.1 Å². The maximum atomic E-state index is 13.3. The number of pyridine rings is 2. The zero-order valence-electron chi connectivity index (χ0n) is 34.6. The van der Waals surface area contributed by atoms with Crippen LogP contribution in [0.15, 0.2) is 85.2 Å². The number of alkyl halides is 3. The quantitative estimate of drug-likeness (QED) is 0.0514. The van der Waals surface area contributed by atoms with Crippen molar-refractivity contribution < 1.29 is 56.2 Å². The highest BCUT2D eigenvalue weighted by molar-refractivity contribution is 6.25. The summed E-state index contributed by atoms with van der Waals surface area (Å²) in [5.74, 6) is -4.45. The van der Waals surface area contributed by atoms with Crippen LogP contribution in [0.1, 0.15) is 64.9 Å². The number of carbonyl (C=O) groups excluding carboxylic acids is 7. The van der Waals surface area contributed by atoms with E-state index in [2.05, 4.69) is 41.7 Å². The Morgan fingerprint density at radius 3 is 2.32 bits per heavy atom. The fourth-order valence-electron chi connectivity index (χ4n) is 6.91. The van der Waals surface area contributed by atoms with Crippen LogP contribution >= 0.6 is 0 Å². The number of fused-ring (bicyclic) bond motifs is 1. The number of anilines is 3. The van der Waals surface area contributed by atoms with E-state index in [0.717, 1.165) is 4.90 Å². The number of amides is 7. The number of nitrogens with two attached hydrogens (primary N) is 1. The van der Waals surface area contributed by atoms with Crippen LogP contribution in [0.4, 0.5) is 30.4 Å². The minimum atomic E-state index is -4.45. The molecule has 5 heterocycles. The van der Waals surface area contributed by atoms with Gasteiger partial charge in [-0.05, 0) is 67.1 Å². The standard InChI is InChI=1S/C43H40F3N11O9/c44-43(45,46)23-51-33-21-25(13-14-49-33)28-4-2-6-30(52-28)39(61)53-31-22-56(55-36(31)37(47)59)26-9-7-24(8-10-26)38(60)50-16-18-66-20-19-65-17-15-48-29-5-1-3-27-35(29)42(64)57(41(27)63)32-11-12-34(58)54-40(32)62/h1-10,13-14,21-22,32,48H,11-12,15-20,23H2,(H2,47,59)(H,49,51)(H,50,60)(H,53,61)(H,54,58,62). The highest BCUT2D eigenvalue weighted by Crippen LogP contribution is 2.32. The molecule has 1 fully saturated rings. The van der Waals surface area contributed by atoms with Gasteiger partial charge in [0.25, 0.3) is 29.5 Å². The number of nitrogens with zero attached hydrogens (tertiary/aromatic N) is 5. The lowest BCUT2D eigenvalue weighted by Gasteiger charge is -2.27. The Labute approximate surface area is 372 Å². The van der Waals surface area contributed by atoms with E-state index in [0.29, 0.717) is 29.0 Å². The van der Waals surface area contributed by atoms with Crippen LogP contribution in [0.25, 0.3) is 16.9 Å². The fraction of sp³-hybridized carbons (Fsp3) is 0.256. The van der Waals surface area contributed by atoms with E-state index in [1.165, 1.54) is 59.5 Å². The smallest absolute Gasteiger partial charge is 0.382 e. The first kappa shape index (κ1) is 46.0. The molecule has 342 valence electrons.